The van der Waals surface area contributed by atoms with Crippen molar-refractivity contribution in [3.8, 4) is 0 Å². The van der Waals surface area contributed by atoms with E-state index in [2.05, 4.69) is 0 Å². The maximum Gasteiger partial charge on any atom is 0.339 e. The highest BCUT2D eigenvalue weighted by molar-refractivity contribution is 7.12. The third-order valence-electron chi connectivity index (χ3n) is 1.76. The molecule has 1 aromatic rings. The average molecular weight is 213 g/mol. The number of nitrogens with two attached hydrogens (primary N) is 1. The molecule has 0 aliphatic carbocycles. The number of hydrogen-bond donors (Lipinski definition) is 1. The van der Waals surface area contributed by atoms with Crippen molar-refractivity contribution in [3.63, 3.8) is 0 Å². The van der Waals surface area contributed by atoms with Gasteiger partial charge in [-0.25, -0.2) is 4.79 Å². The first-order valence-electron chi connectivity index (χ1n) is 4.13. The third-order valence-corrected chi connectivity index (χ3v) is 2.85. The van der Waals surface area contributed by atoms with E-state index in [0.717, 1.165) is 11.3 Å². The maximum atomic E-state index is 11.3. The number of hydrogen-bond acceptors (Lipinski definition) is 4. The molecule has 0 fully saturated rings. The zero-order chi connectivity index (χ0) is 10.7. The normalized spacial score (nSPS) is 9.86. The summed E-state index contributed by atoms with van der Waals surface area (Å²) >= 11 is 1.16. The summed E-state index contributed by atoms with van der Waals surface area (Å²) in [5, 5.41) is 1.59. The predicted octanol–water partition coefficient (Wildman–Crippen LogP) is 1.33. The number of thiophene rings is 1. The number of primary amides is 1. The van der Waals surface area contributed by atoms with Gasteiger partial charge in [-0.05, 0) is 19.4 Å². The first-order chi connectivity index (χ1) is 6.57. The Hall–Kier alpha value is -1.36. The Morgan fingerprint density at radius 3 is 2.64 bits per heavy atom. The molecule has 1 amide bonds. The number of esters is 1. The van der Waals surface area contributed by atoms with E-state index in [0.29, 0.717) is 22.6 Å². The quantitative estimate of drug-likeness (QED) is 0.770. The van der Waals surface area contributed by atoms with Gasteiger partial charge in [0, 0.05) is 5.38 Å². The Bertz CT molecular complexity index is 370. The van der Waals surface area contributed by atoms with Gasteiger partial charge in [0.25, 0.3) is 5.91 Å². The number of carbonyl (C=O) groups is 2. The number of rotatable bonds is 3. The van der Waals surface area contributed by atoms with Crippen molar-refractivity contribution < 1.29 is 14.3 Å². The van der Waals surface area contributed by atoms with E-state index < -0.39 is 11.9 Å². The summed E-state index contributed by atoms with van der Waals surface area (Å²) in [4.78, 5) is 22.6. The fourth-order valence-electron chi connectivity index (χ4n) is 1.07. The maximum absolute atomic E-state index is 11.3. The third kappa shape index (κ3) is 1.93. The minimum atomic E-state index is -0.511. The highest BCUT2D eigenvalue weighted by Crippen LogP contribution is 2.21. The molecule has 1 heterocycles. The summed E-state index contributed by atoms with van der Waals surface area (Å²) in [5.74, 6) is -0.920. The molecule has 1 aromatic heterocycles. The monoisotopic (exact) mass is 213 g/mol. The summed E-state index contributed by atoms with van der Waals surface area (Å²) in [6.45, 7) is 3.73. The second-order valence-corrected chi connectivity index (χ2v) is 3.57. The molecule has 76 valence electrons. The molecule has 0 saturated heterocycles. The lowest BCUT2D eigenvalue weighted by Gasteiger charge is -2.00. The molecule has 14 heavy (non-hydrogen) atoms. The van der Waals surface area contributed by atoms with E-state index >= 15 is 0 Å². The van der Waals surface area contributed by atoms with Crippen molar-refractivity contribution in [3.05, 3.63) is 21.4 Å². The van der Waals surface area contributed by atoms with Gasteiger partial charge in [0.05, 0.1) is 17.0 Å². The van der Waals surface area contributed by atoms with Crippen molar-refractivity contribution in [1.29, 1.82) is 0 Å². The van der Waals surface area contributed by atoms with Gasteiger partial charge in [0.2, 0.25) is 0 Å². The van der Waals surface area contributed by atoms with Gasteiger partial charge in [-0.15, -0.1) is 11.3 Å². The van der Waals surface area contributed by atoms with Crippen LogP contribution in [0.4, 0.5) is 0 Å². The Morgan fingerprint density at radius 2 is 2.21 bits per heavy atom. The SMILES string of the molecule is CCOC(=O)c1csc(C(N)=O)c1C. The van der Waals surface area contributed by atoms with E-state index in [1.165, 1.54) is 0 Å². The smallest absolute Gasteiger partial charge is 0.339 e. The van der Waals surface area contributed by atoms with Crippen molar-refractivity contribution in [2.75, 3.05) is 6.61 Å². The van der Waals surface area contributed by atoms with Crippen LogP contribution in [0.25, 0.3) is 0 Å². The molecule has 4 nitrogen and oxygen atoms in total. The number of ether oxygens (including phenoxy) is 1. The zero-order valence-electron chi connectivity index (χ0n) is 7.99. The molecule has 0 atom stereocenters. The van der Waals surface area contributed by atoms with E-state index in [-0.39, 0.29) is 0 Å². The summed E-state index contributed by atoms with van der Waals surface area (Å²) in [6.07, 6.45) is 0. The van der Waals surface area contributed by atoms with E-state index in [1.54, 1.807) is 19.2 Å². The van der Waals surface area contributed by atoms with Crippen molar-refractivity contribution in [2.24, 2.45) is 5.73 Å². The van der Waals surface area contributed by atoms with Gasteiger partial charge < -0.3 is 10.5 Å². The molecular weight excluding hydrogens is 202 g/mol. The van der Waals surface area contributed by atoms with E-state index in [4.69, 9.17) is 10.5 Å². The largest absolute Gasteiger partial charge is 0.462 e. The summed E-state index contributed by atoms with van der Waals surface area (Å²) in [5.41, 5.74) is 6.14. The Morgan fingerprint density at radius 1 is 1.57 bits per heavy atom. The van der Waals surface area contributed by atoms with Crippen LogP contribution in [0.3, 0.4) is 0 Å². The fraction of sp³-hybridized carbons (Fsp3) is 0.333. The highest BCUT2D eigenvalue weighted by Gasteiger charge is 2.17. The Kier molecular flexibility index (Phi) is 3.24. The second-order valence-electron chi connectivity index (χ2n) is 2.69. The topological polar surface area (TPSA) is 69.4 Å². The summed E-state index contributed by atoms with van der Waals surface area (Å²) < 4.78 is 4.82. The van der Waals surface area contributed by atoms with E-state index in [1.807, 2.05) is 0 Å². The standard InChI is InChI=1S/C9H11NO3S/c1-3-13-9(12)6-4-14-7(5(6)2)8(10)11/h4H,3H2,1-2H3,(H2,10,11). The molecule has 0 saturated carbocycles. The molecule has 0 aliphatic heterocycles. The molecule has 5 heteroatoms. The van der Waals surface area contributed by atoms with Crippen LogP contribution in [-0.4, -0.2) is 18.5 Å². The second kappa shape index (κ2) is 4.23. The predicted molar refractivity (Wildman–Crippen MR) is 53.5 cm³/mol. The molecule has 0 aliphatic rings. The van der Waals surface area contributed by atoms with Gasteiger partial charge in [0.15, 0.2) is 0 Å². The van der Waals surface area contributed by atoms with Gasteiger partial charge in [-0.2, -0.15) is 0 Å². The highest BCUT2D eigenvalue weighted by atomic mass is 32.1. The van der Waals surface area contributed by atoms with Crippen molar-refractivity contribution in [2.45, 2.75) is 13.8 Å². The fourth-order valence-corrected chi connectivity index (χ4v) is 1.98. The number of carbonyl (C=O) groups excluding carboxylic acids is 2. The van der Waals surface area contributed by atoms with Crippen LogP contribution < -0.4 is 5.73 Å². The van der Waals surface area contributed by atoms with Crippen LogP contribution in [0.1, 0.15) is 32.5 Å². The summed E-state index contributed by atoms with van der Waals surface area (Å²) in [6, 6.07) is 0. The van der Waals surface area contributed by atoms with Gasteiger partial charge >= 0.3 is 5.97 Å². The molecule has 0 spiro atoms. The lowest BCUT2D eigenvalue weighted by Crippen LogP contribution is -2.11. The van der Waals surface area contributed by atoms with Crippen LogP contribution in [0, 0.1) is 6.92 Å². The molecule has 1 rings (SSSR count). The molecule has 0 aromatic carbocycles. The van der Waals surface area contributed by atoms with E-state index in [9.17, 15) is 9.59 Å². The van der Waals surface area contributed by atoms with Crippen LogP contribution in [0.2, 0.25) is 0 Å². The molecule has 2 N–H and O–H groups in total. The Balaban J connectivity index is 3.00. The zero-order valence-corrected chi connectivity index (χ0v) is 8.81. The summed E-state index contributed by atoms with van der Waals surface area (Å²) in [7, 11) is 0. The molecule has 0 unspecified atom stereocenters. The van der Waals surface area contributed by atoms with Crippen molar-refractivity contribution in [1.82, 2.24) is 0 Å². The minimum Gasteiger partial charge on any atom is -0.462 e. The molecular formula is C9H11NO3S. The number of amides is 1. The average Bonchev–Trinajstić information content (AvgIpc) is 2.47. The molecule has 0 radical (unpaired) electrons. The Labute approximate surface area is 85.7 Å². The van der Waals surface area contributed by atoms with Gasteiger partial charge in [-0.3, -0.25) is 4.79 Å². The minimum absolute atomic E-state index is 0.319. The van der Waals surface area contributed by atoms with Crippen LogP contribution in [-0.2, 0) is 4.74 Å². The van der Waals surface area contributed by atoms with Gasteiger partial charge in [-0.1, -0.05) is 0 Å². The first-order valence-corrected chi connectivity index (χ1v) is 5.00. The van der Waals surface area contributed by atoms with Crippen LogP contribution in [0.15, 0.2) is 5.38 Å². The van der Waals surface area contributed by atoms with Crippen LogP contribution >= 0.6 is 11.3 Å². The van der Waals surface area contributed by atoms with Crippen molar-refractivity contribution >= 4 is 23.2 Å². The lowest BCUT2D eigenvalue weighted by molar-refractivity contribution is 0.0526. The first kappa shape index (κ1) is 10.7. The van der Waals surface area contributed by atoms with Gasteiger partial charge in [0.1, 0.15) is 0 Å². The lowest BCUT2D eigenvalue weighted by atomic mass is 10.2. The molecule has 0 bridgehead atoms. The van der Waals surface area contributed by atoms with Crippen LogP contribution in [0.5, 0.6) is 0 Å².